The minimum atomic E-state index is -0.833. The second-order valence-electron chi connectivity index (χ2n) is 9.21. The van der Waals surface area contributed by atoms with E-state index in [1.54, 1.807) is 28.7 Å². The molecular weight excluding hydrogens is 550 g/mol. The monoisotopic (exact) mass is 581 g/mol. The van der Waals surface area contributed by atoms with Gasteiger partial charge in [-0.05, 0) is 55.8 Å². The molecule has 2 fully saturated rings. The van der Waals surface area contributed by atoms with Crippen molar-refractivity contribution < 1.29 is 19.4 Å². The number of piperazine rings is 1. The number of carbonyl (C=O) groups is 2. The molecule has 10 nitrogen and oxygen atoms in total. The van der Waals surface area contributed by atoms with Gasteiger partial charge in [0, 0.05) is 51.5 Å². The quantitative estimate of drug-likeness (QED) is 0.354. The highest BCUT2D eigenvalue weighted by Crippen LogP contribution is 2.33. The number of aliphatic carboxylic acids is 1. The summed E-state index contributed by atoms with van der Waals surface area (Å²) < 4.78 is 7.33. The second-order valence-corrected chi connectivity index (χ2v) is 10.9. The lowest BCUT2D eigenvalue weighted by atomic mass is 10.2. The highest BCUT2D eigenvalue weighted by atomic mass is 32.2. The lowest BCUT2D eigenvalue weighted by Gasteiger charge is -2.37. The molecule has 4 heterocycles. The fraction of sp³-hybridized carbons (Fsp3) is 0.321. The van der Waals surface area contributed by atoms with Gasteiger partial charge in [-0.25, -0.2) is 4.98 Å². The number of aromatic nitrogens is 2. The molecule has 1 aromatic carbocycles. The van der Waals surface area contributed by atoms with E-state index in [-0.39, 0.29) is 11.5 Å². The summed E-state index contributed by atoms with van der Waals surface area (Å²) in [5.41, 5.74) is 2.87. The zero-order chi connectivity index (χ0) is 29.0. The minimum Gasteiger partial charge on any atom is -0.497 e. The third-order valence-electron chi connectivity index (χ3n) is 6.47. The average Bonchev–Trinajstić information content (AvgIpc) is 3.21. The standard InChI is InChI=1S/C26H27N5O3S2.C2H4O2/c1-4-30-25(33)21(36-26(30)35)15-20-23(27-22-10-5-17(2)16-31(22)24(20)32)29-13-11-28(12-14-29)18-6-8-19(34-3)9-7-18;1-2(3)4/h5-10,15-16H,4,11-14H2,1-3H3;1H3,(H,3,4)/b21-15-;. The molecule has 0 aliphatic carbocycles. The Hall–Kier alpha value is -3.90. The number of aryl methyl sites for hydroxylation is 1. The summed E-state index contributed by atoms with van der Waals surface area (Å²) >= 11 is 6.61. The molecular formula is C28H31N5O5S2. The number of amides is 1. The first kappa shape index (κ1) is 29.1. The Morgan fingerprint density at radius 2 is 1.73 bits per heavy atom. The van der Waals surface area contributed by atoms with Crippen molar-refractivity contribution >= 4 is 63.4 Å². The smallest absolute Gasteiger partial charge is 0.300 e. The van der Waals surface area contributed by atoms with Crippen LogP contribution in [-0.2, 0) is 9.59 Å². The van der Waals surface area contributed by atoms with Crippen molar-refractivity contribution in [3.05, 3.63) is 69.0 Å². The molecule has 2 aliphatic rings. The molecule has 1 N–H and O–H groups in total. The lowest BCUT2D eigenvalue weighted by molar-refractivity contribution is -0.134. The SMILES string of the molecule is CC(=O)O.CCN1C(=O)/C(=C/c2c(N3CCN(c4ccc(OC)cc4)CC3)nc3ccc(C)cn3c2=O)SC1=S. The van der Waals surface area contributed by atoms with E-state index >= 15 is 0 Å². The third kappa shape index (κ3) is 6.28. The van der Waals surface area contributed by atoms with Crippen LogP contribution in [0.4, 0.5) is 11.5 Å². The zero-order valence-corrected chi connectivity index (χ0v) is 24.4. The van der Waals surface area contributed by atoms with Crippen LogP contribution in [0, 0.1) is 6.92 Å². The van der Waals surface area contributed by atoms with Crippen molar-refractivity contribution in [3.8, 4) is 5.75 Å². The molecule has 3 aromatic rings. The van der Waals surface area contributed by atoms with Crippen LogP contribution in [-0.4, -0.2) is 75.4 Å². The number of carbonyl (C=O) groups excluding carboxylic acids is 1. The number of hydrogen-bond donors (Lipinski definition) is 1. The Balaban J connectivity index is 0.000000867. The highest BCUT2D eigenvalue weighted by molar-refractivity contribution is 8.26. The fourth-order valence-corrected chi connectivity index (χ4v) is 5.85. The van der Waals surface area contributed by atoms with Gasteiger partial charge in [-0.2, -0.15) is 0 Å². The summed E-state index contributed by atoms with van der Waals surface area (Å²) in [6, 6.07) is 11.8. The maximum absolute atomic E-state index is 13.7. The van der Waals surface area contributed by atoms with Gasteiger partial charge >= 0.3 is 0 Å². The summed E-state index contributed by atoms with van der Waals surface area (Å²) in [5, 5.41) is 7.42. The molecule has 0 spiro atoms. The zero-order valence-electron chi connectivity index (χ0n) is 22.8. The van der Waals surface area contributed by atoms with E-state index in [1.807, 2.05) is 38.1 Å². The van der Waals surface area contributed by atoms with Gasteiger partial charge in [0.2, 0.25) is 0 Å². The summed E-state index contributed by atoms with van der Waals surface area (Å²) in [6.45, 7) is 8.34. The number of fused-ring (bicyclic) bond motifs is 1. The number of thiocarbonyl (C=S) groups is 1. The molecule has 2 aromatic heterocycles. The van der Waals surface area contributed by atoms with Crippen LogP contribution >= 0.6 is 24.0 Å². The van der Waals surface area contributed by atoms with E-state index in [0.717, 1.165) is 37.0 Å². The Kier molecular flexibility index (Phi) is 9.10. The fourth-order valence-electron chi connectivity index (χ4n) is 4.49. The third-order valence-corrected chi connectivity index (χ3v) is 7.85. The van der Waals surface area contributed by atoms with E-state index in [1.165, 1.54) is 11.8 Å². The highest BCUT2D eigenvalue weighted by Gasteiger charge is 2.32. The van der Waals surface area contributed by atoms with Crippen molar-refractivity contribution in [1.82, 2.24) is 14.3 Å². The van der Waals surface area contributed by atoms with Crippen LogP contribution in [0.3, 0.4) is 0 Å². The number of rotatable bonds is 5. The molecule has 2 saturated heterocycles. The van der Waals surface area contributed by atoms with Crippen molar-refractivity contribution in [2.75, 3.05) is 49.6 Å². The number of ether oxygens (including phenoxy) is 1. The summed E-state index contributed by atoms with van der Waals surface area (Å²) in [6.07, 6.45) is 3.45. The van der Waals surface area contributed by atoms with Gasteiger partial charge < -0.3 is 19.6 Å². The molecule has 0 bridgehead atoms. The van der Waals surface area contributed by atoms with Crippen molar-refractivity contribution in [1.29, 1.82) is 0 Å². The number of thioether (sulfide) groups is 1. The first-order valence-electron chi connectivity index (χ1n) is 12.7. The van der Waals surface area contributed by atoms with Crippen LogP contribution in [0.25, 0.3) is 11.7 Å². The van der Waals surface area contributed by atoms with E-state index in [9.17, 15) is 9.59 Å². The number of carboxylic acids is 1. The molecule has 40 heavy (non-hydrogen) atoms. The van der Waals surface area contributed by atoms with Crippen molar-refractivity contribution in [3.63, 3.8) is 0 Å². The Labute approximate surface area is 241 Å². The van der Waals surface area contributed by atoms with Crippen molar-refractivity contribution in [2.24, 2.45) is 0 Å². The molecule has 0 unspecified atom stereocenters. The molecule has 0 atom stereocenters. The second kappa shape index (κ2) is 12.5. The van der Waals surface area contributed by atoms with E-state index in [0.29, 0.717) is 45.9 Å². The van der Waals surface area contributed by atoms with Crippen LogP contribution in [0.1, 0.15) is 25.0 Å². The molecule has 12 heteroatoms. The number of pyridine rings is 1. The Bertz CT molecular complexity index is 1520. The first-order chi connectivity index (χ1) is 19.1. The number of carboxylic acid groups (broad SMARTS) is 1. The van der Waals surface area contributed by atoms with Crippen LogP contribution in [0.15, 0.2) is 52.3 Å². The van der Waals surface area contributed by atoms with Gasteiger partial charge in [0.1, 0.15) is 21.5 Å². The molecule has 1 amide bonds. The number of nitrogens with zero attached hydrogens (tertiary/aromatic N) is 5. The molecule has 0 radical (unpaired) electrons. The van der Waals surface area contributed by atoms with Crippen molar-refractivity contribution in [2.45, 2.75) is 20.8 Å². The summed E-state index contributed by atoms with van der Waals surface area (Å²) in [5.74, 6) is 0.420. The average molecular weight is 582 g/mol. The van der Waals surface area contributed by atoms with Crippen LogP contribution in [0.5, 0.6) is 5.75 Å². The molecule has 0 saturated carbocycles. The Morgan fingerprint density at radius 3 is 2.30 bits per heavy atom. The molecule has 2 aliphatic heterocycles. The molecule has 210 valence electrons. The van der Waals surface area contributed by atoms with E-state index < -0.39 is 5.97 Å². The van der Waals surface area contributed by atoms with Gasteiger partial charge in [-0.15, -0.1) is 0 Å². The van der Waals surface area contributed by atoms with Gasteiger partial charge in [0.15, 0.2) is 0 Å². The number of likely N-dealkylation sites (N-methyl/N-ethyl adjacent to an activating group) is 1. The number of anilines is 2. The van der Waals surface area contributed by atoms with E-state index in [2.05, 4.69) is 21.9 Å². The van der Waals surface area contributed by atoms with Gasteiger partial charge in [-0.3, -0.25) is 23.7 Å². The summed E-state index contributed by atoms with van der Waals surface area (Å²) in [4.78, 5) is 46.9. The maximum Gasteiger partial charge on any atom is 0.300 e. The minimum absolute atomic E-state index is 0.170. The first-order valence-corrected chi connectivity index (χ1v) is 14.0. The summed E-state index contributed by atoms with van der Waals surface area (Å²) in [7, 11) is 1.66. The predicted molar refractivity (Wildman–Crippen MR) is 162 cm³/mol. The molecule has 5 rings (SSSR count). The predicted octanol–water partition coefficient (Wildman–Crippen LogP) is 3.65. The Morgan fingerprint density at radius 1 is 1.10 bits per heavy atom. The lowest BCUT2D eigenvalue weighted by Crippen LogP contribution is -2.47. The maximum atomic E-state index is 13.7. The number of benzene rings is 1. The number of methoxy groups -OCH3 is 1. The number of hydrogen-bond acceptors (Lipinski definition) is 9. The van der Waals surface area contributed by atoms with Gasteiger partial charge in [-0.1, -0.05) is 30.0 Å². The van der Waals surface area contributed by atoms with Gasteiger partial charge in [0.05, 0.1) is 17.6 Å². The van der Waals surface area contributed by atoms with Gasteiger partial charge in [0.25, 0.3) is 17.4 Å². The van der Waals surface area contributed by atoms with Crippen LogP contribution < -0.4 is 20.1 Å². The largest absolute Gasteiger partial charge is 0.497 e. The topological polar surface area (TPSA) is 108 Å². The van der Waals surface area contributed by atoms with E-state index in [4.69, 9.17) is 31.8 Å². The van der Waals surface area contributed by atoms with Crippen LogP contribution in [0.2, 0.25) is 0 Å². The normalized spacial score (nSPS) is 16.4.